The van der Waals surface area contributed by atoms with Gasteiger partial charge in [0.15, 0.2) is 0 Å². The van der Waals surface area contributed by atoms with E-state index in [1.807, 2.05) is 19.1 Å². The Labute approximate surface area is 127 Å². The molecular formula is C13H19BrClNO3. The maximum atomic E-state index is 9.74. The van der Waals surface area contributed by atoms with E-state index in [0.29, 0.717) is 31.4 Å². The number of aliphatic hydroxyl groups is 1. The van der Waals surface area contributed by atoms with Gasteiger partial charge >= 0.3 is 0 Å². The minimum Gasteiger partial charge on any atom is -0.389 e. The van der Waals surface area contributed by atoms with Crippen LogP contribution in [0.15, 0.2) is 22.7 Å². The molecular weight excluding hydrogens is 334 g/mol. The SMILES string of the molecule is CCOCCOCC(O)CNc1cc(Br)ccc1Cl. The Morgan fingerprint density at radius 2 is 2.11 bits per heavy atom. The van der Waals surface area contributed by atoms with Gasteiger partial charge in [-0.2, -0.15) is 0 Å². The van der Waals surface area contributed by atoms with Crippen LogP contribution in [0.2, 0.25) is 5.02 Å². The van der Waals surface area contributed by atoms with Gasteiger partial charge in [-0.1, -0.05) is 27.5 Å². The van der Waals surface area contributed by atoms with Gasteiger partial charge in [-0.15, -0.1) is 0 Å². The molecule has 1 atom stereocenters. The second-order valence-electron chi connectivity index (χ2n) is 3.93. The molecule has 0 amide bonds. The number of aliphatic hydroxyl groups excluding tert-OH is 1. The number of hydrogen-bond acceptors (Lipinski definition) is 4. The number of nitrogens with one attached hydrogen (secondary N) is 1. The second-order valence-corrected chi connectivity index (χ2v) is 5.25. The van der Waals surface area contributed by atoms with E-state index in [2.05, 4.69) is 21.2 Å². The standard InChI is InChI=1S/C13H19BrClNO3/c1-2-18-5-6-19-9-11(17)8-16-13-7-10(14)3-4-12(13)15/h3-4,7,11,16-17H,2,5-6,8-9H2,1H3. The number of benzene rings is 1. The van der Waals surface area contributed by atoms with E-state index in [4.69, 9.17) is 21.1 Å². The number of halogens is 2. The molecule has 0 saturated carbocycles. The smallest absolute Gasteiger partial charge is 0.0945 e. The molecule has 19 heavy (non-hydrogen) atoms. The van der Waals surface area contributed by atoms with Gasteiger partial charge in [-0.05, 0) is 25.1 Å². The number of rotatable bonds is 9. The van der Waals surface area contributed by atoms with Crippen molar-refractivity contribution in [2.45, 2.75) is 13.0 Å². The van der Waals surface area contributed by atoms with E-state index < -0.39 is 6.10 Å². The lowest BCUT2D eigenvalue weighted by Crippen LogP contribution is -2.25. The highest BCUT2D eigenvalue weighted by atomic mass is 79.9. The Hall–Kier alpha value is -0.330. The monoisotopic (exact) mass is 351 g/mol. The van der Waals surface area contributed by atoms with Crippen LogP contribution in [-0.4, -0.2) is 44.2 Å². The lowest BCUT2D eigenvalue weighted by Gasteiger charge is -2.14. The third-order valence-electron chi connectivity index (χ3n) is 2.34. The maximum absolute atomic E-state index is 9.74. The average molecular weight is 353 g/mol. The fourth-order valence-electron chi connectivity index (χ4n) is 1.40. The second kappa shape index (κ2) is 9.55. The molecule has 1 aromatic carbocycles. The molecule has 0 saturated heterocycles. The molecule has 0 heterocycles. The predicted octanol–water partition coefficient (Wildman–Crippen LogP) is 2.93. The van der Waals surface area contributed by atoms with Crippen LogP contribution in [0.4, 0.5) is 5.69 Å². The van der Waals surface area contributed by atoms with Crippen LogP contribution in [0.25, 0.3) is 0 Å². The molecule has 0 fully saturated rings. The molecule has 1 rings (SSSR count). The third-order valence-corrected chi connectivity index (χ3v) is 3.17. The van der Waals surface area contributed by atoms with Gasteiger partial charge in [0.1, 0.15) is 0 Å². The van der Waals surface area contributed by atoms with Crippen molar-refractivity contribution in [3.8, 4) is 0 Å². The summed E-state index contributed by atoms with van der Waals surface area (Å²) in [6, 6.07) is 5.52. The number of hydrogen-bond donors (Lipinski definition) is 2. The summed E-state index contributed by atoms with van der Waals surface area (Å²) >= 11 is 9.40. The highest BCUT2D eigenvalue weighted by Crippen LogP contribution is 2.25. The fourth-order valence-corrected chi connectivity index (χ4v) is 1.95. The fraction of sp³-hybridized carbons (Fsp3) is 0.538. The Morgan fingerprint density at radius 1 is 1.37 bits per heavy atom. The quantitative estimate of drug-likeness (QED) is 0.671. The lowest BCUT2D eigenvalue weighted by atomic mass is 10.3. The van der Waals surface area contributed by atoms with Crippen LogP contribution in [0, 0.1) is 0 Å². The van der Waals surface area contributed by atoms with Gasteiger partial charge in [0.25, 0.3) is 0 Å². The summed E-state index contributed by atoms with van der Waals surface area (Å²) < 4.78 is 11.3. The molecule has 6 heteroatoms. The highest BCUT2D eigenvalue weighted by molar-refractivity contribution is 9.10. The molecule has 0 radical (unpaired) electrons. The van der Waals surface area contributed by atoms with Crippen molar-refractivity contribution in [3.05, 3.63) is 27.7 Å². The summed E-state index contributed by atoms with van der Waals surface area (Å²) in [5.74, 6) is 0. The van der Waals surface area contributed by atoms with Gasteiger partial charge in [-0.25, -0.2) is 0 Å². The van der Waals surface area contributed by atoms with E-state index in [0.717, 1.165) is 10.2 Å². The normalized spacial score (nSPS) is 12.4. The first-order valence-corrected chi connectivity index (χ1v) is 7.33. The van der Waals surface area contributed by atoms with Crippen LogP contribution in [-0.2, 0) is 9.47 Å². The molecule has 0 aliphatic rings. The lowest BCUT2D eigenvalue weighted by molar-refractivity contribution is 0.0103. The van der Waals surface area contributed by atoms with Crippen molar-refractivity contribution in [1.82, 2.24) is 0 Å². The van der Waals surface area contributed by atoms with Crippen molar-refractivity contribution >= 4 is 33.2 Å². The molecule has 4 nitrogen and oxygen atoms in total. The largest absolute Gasteiger partial charge is 0.389 e. The zero-order valence-corrected chi connectivity index (χ0v) is 13.2. The molecule has 2 N–H and O–H groups in total. The first kappa shape index (κ1) is 16.7. The summed E-state index contributed by atoms with van der Waals surface area (Å²) in [6.07, 6.45) is -0.586. The topological polar surface area (TPSA) is 50.7 Å². The van der Waals surface area contributed by atoms with Gasteiger partial charge in [0.05, 0.1) is 36.6 Å². The summed E-state index contributed by atoms with van der Waals surface area (Å²) in [5, 5.41) is 13.4. The maximum Gasteiger partial charge on any atom is 0.0945 e. The summed E-state index contributed by atoms with van der Waals surface area (Å²) in [7, 11) is 0. The van der Waals surface area contributed by atoms with Crippen molar-refractivity contribution in [2.24, 2.45) is 0 Å². The van der Waals surface area contributed by atoms with Crippen molar-refractivity contribution < 1.29 is 14.6 Å². The first-order valence-electron chi connectivity index (χ1n) is 6.16. The zero-order chi connectivity index (χ0) is 14.1. The van der Waals surface area contributed by atoms with Gasteiger partial charge < -0.3 is 19.9 Å². The Morgan fingerprint density at radius 3 is 2.84 bits per heavy atom. The minimum atomic E-state index is -0.586. The van der Waals surface area contributed by atoms with Gasteiger partial charge in [0, 0.05) is 17.6 Å². The Bertz CT molecular complexity index is 379. The summed E-state index contributed by atoms with van der Waals surface area (Å²) in [4.78, 5) is 0. The van der Waals surface area contributed by atoms with Crippen LogP contribution in [0.5, 0.6) is 0 Å². The van der Waals surface area contributed by atoms with E-state index in [1.54, 1.807) is 6.07 Å². The molecule has 108 valence electrons. The van der Waals surface area contributed by atoms with Crippen LogP contribution in [0.1, 0.15) is 6.92 Å². The first-order chi connectivity index (χ1) is 9.13. The van der Waals surface area contributed by atoms with Crippen LogP contribution >= 0.6 is 27.5 Å². The third kappa shape index (κ3) is 7.13. The zero-order valence-electron chi connectivity index (χ0n) is 10.9. The van der Waals surface area contributed by atoms with E-state index in [9.17, 15) is 5.11 Å². The summed E-state index contributed by atoms with van der Waals surface area (Å²) in [5.41, 5.74) is 0.782. The van der Waals surface area contributed by atoms with Crippen molar-refractivity contribution in [2.75, 3.05) is 38.3 Å². The Balaban J connectivity index is 2.22. The van der Waals surface area contributed by atoms with Crippen molar-refractivity contribution in [3.63, 3.8) is 0 Å². The van der Waals surface area contributed by atoms with E-state index >= 15 is 0 Å². The molecule has 1 aromatic rings. The molecule has 0 aromatic heterocycles. The molecule has 1 unspecified atom stereocenters. The van der Waals surface area contributed by atoms with Gasteiger partial charge in [-0.3, -0.25) is 0 Å². The Kier molecular flexibility index (Phi) is 8.41. The average Bonchev–Trinajstić information content (AvgIpc) is 2.39. The van der Waals surface area contributed by atoms with Crippen LogP contribution < -0.4 is 5.32 Å². The van der Waals surface area contributed by atoms with Gasteiger partial charge in [0.2, 0.25) is 0 Å². The minimum absolute atomic E-state index is 0.270. The molecule has 0 bridgehead atoms. The van der Waals surface area contributed by atoms with Crippen molar-refractivity contribution in [1.29, 1.82) is 0 Å². The summed E-state index contributed by atoms with van der Waals surface area (Å²) in [6.45, 7) is 4.29. The number of ether oxygens (including phenoxy) is 2. The molecule has 0 aliphatic heterocycles. The number of anilines is 1. The molecule has 0 spiro atoms. The predicted molar refractivity (Wildman–Crippen MR) is 81.0 cm³/mol. The van der Waals surface area contributed by atoms with Crippen LogP contribution in [0.3, 0.4) is 0 Å². The van der Waals surface area contributed by atoms with E-state index in [-0.39, 0.29) is 6.61 Å². The van der Waals surface area contributed by atoms with E-state index in [1.165, 1.54) is 0 Å². The highest BCUT2D eigenvalue weighted by Gasteiger charge is 2.06. The molecule has 0 aliphatic carbocycles.